The second kappa shape index (κ2) is 5.64. The predicted molar refractivity (Wildman–Crippen MR) is 85.2 cm³/mol. The molecule has 0 bridgehead atoms. The molecule has 2 aromatic carbocycles. The van der Waals surface area contributed by atoms with E-state index in [-0.39, 0.29) is 5.38 Å². The minimum Gasteiger partial charge on any atom is -0.253 e. The number of rotatable bonds is 3. The van der Waals surface area contributed by atoms with Crippen molar-refractivity contribution in [2.75, 3.05) is 0 Å². The molecular weight excluding hydrogens is 266 g/mol. The summed E-state index contributed by atoms with van der Waals surface area (Å²) in [6.07, 6.45) is 0.815. The number of hydrogen-bond acceptors (Lipinski definition) is 1. The number of para-hydroxylation sites is 1. The van der Waals surface area contributed by atoms with Gasteiger partial charge in [0, 0.05) is 11.1 Å². The third kappa shape index (κ3) is 2.68. The first kappa shape index (κ1) is 13.1. The molecule has 0 saturated carbocycles. The summed E-state index contributed by atoms with van der Waals surface area (Å²) in [4.78, 5) is 4.57. The molecule has 1 heterocycles. The molecule has 0 aliphatic heterocycles. The number of pyridine rings is 1. The lowest BCUT2D eigenvalue weighted by Crippen LogP contribution is -1.98. The highest BCUT2D eigenvalue weighted by atomic mass is 35.5. The van der Waals surface area contributed by atoms with Crippen LogP contribution in [0.25, 0.3) is 10.9 Å². The normalized spacial score (nSPS) is 12.5. The number of aryl methyl sites for hydroxylation is 1. The van der Waals surface area contributed by atoms with Crippen molar-refractivity contribution in [2.45, 2.75) is 18.7 Å². The molecule has 1 aromatic heterocycles. The van der Waals surface area contributed by atoms with Crippen molar-refractivity contribution in [1.29, 1.82) is 0 Å². The molecule has 0 fully saturated rings. The highest BCUT2D eigenvalue weighted by molar-refractivity contribution is 6.21. The van der Waals surface area contributed by atoms with Crippen molar-refractivity contribution in [3.63, 3.8) is 0 Å². The molecule has 1 nitrogen and oxygen atoms in total. The van der Waals surface area contributed by atoms with E-state index in [1.807, 2.05) is 31.2 Å². The lowest BCUT2D eigenvalue weighted by molar-refractivity contribution is 0.923. The fourth-order valence-corrected chi connectivity index (χ4v) is 2.85. The average Bonchev–Trinajstić information content (AvgIpc) is 2.48. The summed E-state index contributed by atoms with van der Waals surface area (Å²) in [7, 11) is 0. The number of halogens is 1. The minimum absolute atomic E-state index is 0.0126. The van der Waals surface area contributed by atoms with Crippen LogP contribution in [0, 0.1) is 6.92 Å². The summed E-state index contributed by atoms with van der Waals surface area (Å²) in [6.45, 7) is 2.03. The fourth-order valence-electron chi connectivity index (χ4n) is 2.54. The third-order valence-electron chi connectivity index (χ3n) is 3.49. The largest absolute Gasteiger partial charge is 0.253 e. The lowest BCUT2D eigenvalue weighted by atomic mass is 10.00. The SMILES string of the molecule is Cc1cc(CC(Cl)c2ccccc2)c2ccccc2n1. The van der Waals surface area contributed by atoms with Crippen LogP contribution in [0.5, 0.6) is 0 Å². The van der Waals surface area contributed by atoms with E-state index < -0.39 is 0 Å². The predicted octanol–water partition coefficient (Wildman–Crippen LogP) is 5.07. The van der Waals surface area contributed by atoms with Crippen molar-refractivity contribution in [3.05, 3.63) is 77.5 Å². The molecule has 0 N–H and O–H groups in total. The van der Waals surface area contributed by atoms with Gasteiger partial charge in [-0.15, -0.1) is 11.6 Å². The molecule has 1 unspecified atom stereocenters. The Hall–Kier alpha value is -1.86. The van der Waals surface area contributed by atoms with Gasteiger partial charge in [-0.05, 0) is 36.6 Å². The Bertz CT molecular complexity index is 722. The molecular formula is C18H16ClN. The maximum atomic E-state index is 6.57. The van der Waals surface area contributed by atoms with E-state index >= 15 is 0 Å². The summed E-state index contributed by atoms with van der Waals surface area (Å²) < 4.78 is 0. The van der Waals surface area contributed by atoms with Gasteiger partial charge in [-0.1, -0.05) is 48.5 Å². The zero-order valence-corrected chi connectivity index (χ0v) is 12.1. The van der Waals surface area contributed by atoms with Crippen molar-refractivity contribution < 1.29 is 0 Å². The van der Waals surface area contributed by atoms with Crippen LogP contribution < -0.4 is 0 Å². The smallest absolute Gasteiger partial charge is 0.0707 e. The van der Waals surface area contributed by atoms with Gasteiger partial charge in [-0.2, -0.15) is 0 Å². The Balaban J connectivity index is 1.98. The topological polar surface area (TPSA) is 12.9 Å². The van der Waals surface area contributed by atoms with E-state index in [1.54, 1.807) is 0 Å². The van der Waals surface area contributed by atoms with Crippen LogP contribution in [-0.4, -0.2) is 4.98 Å². The Kier molecular flexibility index (Phi) is 3.70. The van der Waals surface area contributed by atoms with Crippen molar-refractivity contribution >= 4 is 22.5 Å². The molecule has 1 atom stereocenters. The van der Waals surface area contributed by atoms with Gasteiger partial charge in [0.15, 0.2) is 0 Å². The third-order valence-corrected chi connectivity index (χ3v) is 3.90. The standard InChI is InChI=1S/C18H16ClN/c1-13-11-15(16-9-5-6-10-18(16)20-13)12-17(19)14-7-3-2-4-8-14/h2-11,17H,12H2,1H3. The average molecular weight is 282 g/mol. The summed E-state index contributed by atoms with van der Waals surface area (Å²) in [5.41, 5.74) is 4.50. The molecule has 100 valence electrons. The van der Waals surface area contributed by atoms with E-state index in [9.17, 15) is 0 Å². The molecule has 0 amide bonds. The van der Waals surface area contributed by atoms with Gasteiger partial charge in [-0.3, -0.25) is 4.98 Å². The van der Waals surface area contributed by atoms with E-state index in [1.165, 1.54) is 10.9 Å². The van der Waals surface area contributed by atoms with Gasteiger partial charge >= 0.3 is 0 Å². The summed E-state index contributed by atoms with van der Waals surface area (Å²) in [5.74, 6) is 0. The molecule has 0 aliphatic carbocycles. The molecule has 0 saturated heterocycles. The zero-order chi connectivity index (χ0) is 13.9. The Morgan fingerprint density at radius 1 is 1.00 bits per heavy atom. The van der Waals surface area contributed by atoms with Gasteiger partial charge in [0.1, 0.15) is 0 Å². The number of alkyl halides is 1. The van der Waals surface area contributed by atoms with Crippen molar-refractivity contribution in [2.24, 2.45) is 0 Å². The molecule has 3 rings (SSSR count). The Labute approximate surface area is 124 Å². The van der Waals surface area contributed by atoms with E-state index in [0.29, 0.717) is 0 Å². The van der Waals surface area contributed by atoms with Crippen LogP contribution in [0.4, 0.5) is 0 Å². The molecule has 3 aromatic rings. The van der Waals surface area contributed by atoms with E-state index in [0.717, 1.165) is 23.2 Å². The van der Waals surface area contributed by atoms with Crippen molar-refractivity contribution in [3.8, 4) is 0 Å². The highest BCUT2D eigenvalue weighted by Gasteiger charge is 2.11. The zero-order valence-electron chi connectivity index (χ0n) is 11.4. The minimum atomic E-state index is -0.0126. The number of aromatic nitrogens is 1. The molecule has 0 spiro atoms. The van der Waals surface area contributed by atoms with Crippen LogP contribution >= 0.6 is 11.6 Å². The molecule has 0 aliphatic rings. The maximum Gasteiger partial charge on any atom is 0.0707 e. The van der Waals surface area contributed by atoms with Crippen LogP contribution in [0.15, 0.2) is 60.7 Å². The van der Waals surface area contributed by atoms with Gasteiger partial charge in [0.2, 0.25) is 0 Å². The number of nitrogens with zero attached hydrogens (tertiary/aromatic N) is 1. The van der Waals surface area contributed by atoms with Crippen LogP contribution in [-0.2, 0) is 6.42 Å². The van der Waals surface area contributed by atoms with Gasteiger partial charge in [0.05, 0.1) is 10.9 Å². The monoisotopic (exact) mass is 281 g/mol. The number of benzene rings is 2. The first-order valence-corrected chi connectivity index (χ1v) is 7.22. The summed E-state index contributed by atoms with van der Waals surface area (Å²) in [5, 5.41) is 1.18. The molecule has 0 radical (unpaired) electrons. The Morgan fingerprint density at radius 2 is 1.70 bits per heavy atom. The van der Waals surface area contributed by atoms with E-state index in [2.05, 4.69) is 41.4 Å². The molecule has 2 heteroatoms. The number of hydrogen-bond donors (Lipinski definition) is 0. The summed E-state index contributed by atoms with van der Waals surface area (Å²) in [6, 6.07) is 20.6. The first-order valence-electron chi connectivity index (χ1n) is 6.78. The lowest BCUT2D eigenvalue weighted by Gasteiger charge is -2.12. The quantitative estimate of drug-likeness (QED) is 0.611. The fraction of sp³-hybridized carbons (Fsp3) is 0.167. The first-order chi connectivity index (χ1) is 9.74. The summed E-state index contributed by atoms with van der Waals surface area (Å²) >= 11 is 6.57. The van der Waals surface area contributed by atoms with Crippen molar-refractivity contribution in [1.82, 2.24) is 4.98 Å². The van der Waals surface area contributed by atoms with Crippen LogP contribution in [0.1, 0.15) is 22.2 Å². The Morgan fingerprint density at radius 3 is 2.50 bits per heavy atom. The highest BCUT2D eigenvalue weighted by Crippen LogP contribution is 2.28. The van der Waals surface area contributed by atoms with Crippen LogP contribution in [0.3, 0.4) is 0 Å². The van der Waals surface area contributed by atoms with Gasteiger partial charge < -0.3 is 0 Å². The van der Waals surface area contributed by atoms with Crippen LogP contribution in [0.2, 0.25) is 0 Å². The van der Waals surface area contributed by atoms with Gasteiger partial charge in [0.25, 0.3) is 0 Å². The second-order valence-electron chi connectivity index (χ2n) is 5.02. The van der Waals surface area contributed by atoms with Gasteiger partial charge in [-0.25, -0.2) is 0 Å². The maximum absolute atomic E-state index is 6.57. The van der Waals surface area contributed by atoms with E-state index in [4.69, 9.17) is 11.6 Å². The number of fused-ring (bicyclic) bond motifs is 1. The second-order valence-corrected chi connectivity index (χ2v) is 5.55. The molecule has 20 heavy (non-hydrogen) atoms.